The molecular formula is C13H18N2O4. The summed E-state index contributed by atoms with van der Waals surface area (Å²) in [6.07, 6.45) is -0.852. The molecule has 0 spiro atoms. The molecule has 1 aromatic rings. The van der Waals surface area contributed by atoms with Crippen LogP contribution in [0.5, 0.6) is 5.75 Å². The molecule has 0 fully saturated rings. The number of nitrogen functional groups attached to an aromatic ring is 1. The van der Waals surface area contributed by atoms with Crippen LogP contribution in [0.1, 0.15) is 17.3 Å². The van der Waals surface area contributed by atoms with E-state index in [4.69, 9.17) is 15.2 Å². The summed E-state index contributed by atoms with van der Waals surface area (Å²) in [6, 6.07) is 4.56. The van der Waals surface area contributed by atoms with E-state index in [9.17, 15) is 9.59 Å². The molecule has 0 aliphatic rings. The largest absolute Gasteiger partial charge is 0.497 e. The standard InChI is InChI=1S/C13H18N2O4/c1-8(12(16)15(2)3)19-13(17)9-5-10(14)7-11(6-9)18-4/h5-8H,14H2,1-4H3. The van der Waals surface area contributed by atoms with Crippen LogP contribution in [-0.4, -0.2) is 44.1 Å². The second kappa shape index (κ2) is 6.08. The smallest absolute Gasteiger partial charge is 0.339 e. The summed E-state index contributed by atoms with van der Waals surface area (Å²) in [6.45, 7) is 1.52. The van der Waals surface area contributed by atoms with Gasteiger partial charge in [-0.15, -0.1) is 0 Å². The number of likely N-dealkylation sites (N-methyl/N-ethyl adjacent to an activating group) is 1. The van der Waals surface area contributed by atoms with E-state index in [1.54, 1.807) is 20.2 Å². The van der Waals surface area contributed by atoms with Gasteiger partial charge in [-0.2, -0.15) is 0 Å². The van der Waals surface area contributed by atoms with Crippen molar-refractivity contribution in [3.63, 3.8) is 0 Å². The maximum Gasteiger partial charge on any atom is 0.339 e. The van der Waals surface area contributed by atoms with Crippen molar-refractivity contribution >= 4 is 17.6 Å². The van der Waals surface area contributed by atoms with E-state index < -0.39 is 12.1 Å². The number of esters is 1. The fourth-order valence-electron chi connectivity index (χ4n) is 1.50. The van der Waals surface area contributed by atoms with Gasteiger partial charge in [-0.25, -0.2) is 4.79 Å². The van der Waals surface area contributed by atoms with Gasteiger partial charge >= 0.3 is 5.97 Å². The van der Waals surface area contributed by atoms with E-state index in [2.05, 4.69) is 0 Å². The van der Waals surface area contributed by atoms with Gasteiger partial charge in [0.25, 0.3) is 5.91 Å². The van der Waals surface area contributed by atoms with Crippen LogP contribution < -0.4 is 10.5 Å². The molecule has 19 heavy (non-hydrogen) atoms. The lowest BCUT2D eigenvalue weighted by molar-refractivity contribution is -0.137. The first kappa shape index (κ1) is 14.8. The first-order valence-corrected chi connectivity index (χ1v) is 5.72. The zero-order valence-corrected chi connectivity index (χ0v) is 11.5. The van der Waals surface area contributed by atoms with Crippen molar-refractivity contribution in [2.24, 2.45) is 0 Å². The number of amides is 1. The number of rotatable bonds is 4. The fourth-order valence-corrected chi connectivity index (χ4v) is 1.50. The molecular weight excluding hydrogens is 248 g/mol. The van der Waals surface area contributed by atoms with Gasteiger partial charge in [0.1, 0.15) is 5.75 Å². The zero-order chi connectivity index (χ0) is 14.6. The molecule has 1 aromatic carbocycles. The summed E-state index contributed by atoms with van der Waals surface area (Å²) in [7, 11) is 4.66. The third kappa shape index (κ3) is 3.87. The number of hydrogen-bond acceptors (Lipinski definition) is 5. The second-order valence-corrected chi connectivity index (χ2v) is 4.28. The number of methoxy groups -OCH3 is 1. The van der Waals surface area contributed by atoms with E-state index >= 15 is 0 Å². The Morgan fingerprint density at radius 2 is 1.89 bits per heavy atom. The molecule has 0 radical (unpaired) electrons. The number of carbonyl (C=O) groups is 2. The van der Waals surface area contributed by atoms with Gasteiger partial charge in [0, 0.05) is 25.8 Å². The van der Waals surface area contributed by atoms with Crippen LogP contribution in [0.25, 0.3) is 0 Å². The van der Waals surface area contributed by atoms with Crippen LogP contribution in [0.2, 0.25) is 0 Å². The molecule has 1 atom stereocenters. The van der Waals surface area contributed by atoms with Crippen molar-refractivity contribution in [3.8, 4) is 5.75 Å². The van der Waals surface area contributed by atoms with Crippen LogP contribution in [0.15, 0.2) is 18.2 Å². The molecule has 0 saturated heterocycles. The van der Waals surface area contributed by atoms with Gasteiger partial charge in [0.05, 0.1) is 12.7 Å². The highest BCUT2D eigenvalue weighted by Crippen LogP contribution is 2.19. The minimum atomic E-state index is -0.852. The average Bonchev–Trinajstić information content (AvgIpc) is 2.36. The number of nitrogens with two attached hydrogens (primary N) is 1. The highest BCUT2D eigenvalue weighted by atomic mass is 16.5. The summed E-state index contributed by atoms with van der Waals surface area (Å²) in [5, 5.41) is 0. The van der Waals surface area contributed by atoms with Crippen molar-refractivity contribution in [1.82, 2.24) is 4.90 Å². The quantitative estimate of drug-likeness (QED) is 0.647. The highest BCUT2D eigenvalue weighted by Gasteiger charge is 2.20. The minimum Gasteiger partial charge on any atom is -0.497 e. The monoisotopic (exact) mass is 266 g/mol. The Morgan fingerprint density at radius 3 is 2.42 bits per heavy atom. The third-order valence-electron chi connectivity index (χ3n) is 2.47. The van der Waals surface area contributed by atoms with Gasteiger partial charge in [-0.1, -0.05) is 0 Å². The Balaban J connectivity index is 2.84. The number of anilines is 1. The molecule has 0 heterocycles. The Morgan fingerprint density at radius 1 is 1.26 bits per heavy atom. The Hall–Kier alpha value is -2.24. The maximum absolute atomic E-state index is 11.9. The van der Waals surface area contributed by atoms with E-state index in [1.807, 2.05) is 0 Å². The Bertz CT molecular complexity index is 486. The predicted octanol–water partition coefficient (Wildman–Crippen LogP) is 0.911. The van der Waals surface area contributed by atoms with E-state index in [-0.39, 0.29) is 11.5 Å². The van der Waals surface area contributed by atoms with E-state index in [0.717, 1.165) is 0 Å². The Labute approximate surface area is 112 Å². The summed E-state index contributed by atoms with van der Waals surface area (Å²) in [5.41, 5.74) is 6.28. The normalized spacial score (nSPS) is 11.6. The van der Waals surface area contributed by atoms with Crippen LogP contribution in [0.4, 0.5) is 5.69 Å². The molecule has 1 amide bonds. The Kier molecular flexibility index (Phi) is 4.74. The third-order valence-corrected chi connectivity index (χ3v) is 2.47. The molecule has 0 aliphatic carbocycles. The first-order chi connectivity index (χ1) is 8.85. The van der Waals surface area contributed by atoms with Gasteiger partial charge in [0.15, 0.2) is 6.10 Å². The molecule has 0 bridgehead atoms. The molecule has 0 aromatic heterocycles. The van der Waals surface area contributed by atoms with Crippen LogP contribution >= 0.6 is 0 Å². The molecule has 1 rings (SSSR count). The lowest BCUT2D eigenvalue weighted by atomic mass is 10.2. The van der Waals surface area contributed by atoms with Crippen molar-refractivity contribution in [2.45, 2.75) is 13.0 Å². The summed E-state index contributed by atoms with van der Waals surface area (Å²) >= 11 is 0. The predicted molar refractivity (Wildman–Crippen MR) is 71.0 cm³/mol. The van der Waals surface area contributed by atoms with Crippen molar-refractivity contribution < 1.29 is 19.1 Å². The first-order valence-electron chi connectivity index (χ1n) is 5.72. The van der Waals surface area contributed by atoms with Crippen LogP contribution in [-0.2, 0) is 9.53 Å². The van der Waals surface area contributed by atoms with Crippen molar-refractivity contribution in [2.75, 3.05) is 26.9 Å². The molecule has 104 valence electrons. The van der Waals surface area contributed by atoms with Gasteiger partial charge in [0.2, 0.25) is 0 Å². The van der Waals surface area contributed by atoms with E-state index in [1.165, 1.54) is 31.1 Å². The molecule has 0 saturated carbocycles. The molecule has 0 aliphatic heterocycles. The lowest BCUT2D eigenvalue weighted by Gasteiger charge is -2.17. The number of hydrogen-bond donors (Lipinski definition) is 1. The summed E-state index contributed by atoms with van der Waals surface area (Å²) in [5.74, 6) is -0.448. The van der Waals surface area contributed by atoms with Crippen molar-refractivity contribution in [1.29, 1.82) is 0 Å². The number of benzene rings is 1. The number of carbonyl (C=O) groups excluding carboxylic acids is 2. The molecule has 2 N–H and O–H groups in total. The summed E-state index contributed by atoms with van der Waals surface area (Å²) < 4.78 is 10.1. The molecule has 6 nitrogen and oxygen atoms in total. The average molecular weight is 266 g/mol. The SMILES string of the molecule is COc1cc(N)cc(C(=O)OC(C)C(=O)N(C)C)c1. The zero-order valence-electron chi connectivity index (χ0n) is 11.5. The summed E-state index contributed by atoms with van der Waals surface area (Å²) in [4.78, 5) is 24.9. The van der Waals surface area contributed by atoms with Crippen LogP contribution in [0, 0.1) is 0 Å². The topological polar surface area (TPSA) is 81.9 Å². The van der Waals surface area contributed by atoms with Gasteiger partial charge in [-0.3, -0.25) is 4.79 Å². The maximum atomic E-state index is 11.9. The van der Waals surface area contributed by atoms with Gasteiger partial charge < -0.3 is 20.1 Å². The van der Waals surface area contributed by atoms with Gasteiger partial charge in [-0.05, 0) is 19.1 Å². The lowest BCUT2D eigenvalue weighted by Crippen LogP contribution is -2.34. The number of nitrogens with zero attached hydrogens (tertiary/aromatic N) is 1. The molecule has 1 unspecified atom stereocenters. The van der Waals surface area contributed by atoms with Crippen LogP contribution in [0.3, 0.4) is 0 Å². The highest BCUT2D eigenvalue weighted by molar-refractivity contribution is 5.93. The van der Waals surface area contributed by atoms with E-state index in [0.29, 0.717) is 11.4 Å². The van der Waals surface area contributed by atoms with Crippen molar-refractivity contribution in [3.05, 3.63) is 23.8 Å². The molecule has 6 heteroatoms. The number of ether oxygens (including phenoxy) is 2. The minimum absolute atomic E-state index is 0.246. The fraction of sp³-hybridized carbons (Fsp3) is 0.385. The second-order valence-electron chi connectivity index (χ2n) is 4.28.